The second-order valence-corrected chi connectivity index (χ2v) is 8.86. The Morgan fingerprint density at radius 2 is 1.80 bits per heavy atom. The predicted molar refractivity (Wildman–Crippen MR) is 123 cm³/mol. The fourth-order valence-corrected chi connectivity index (χ4v) is 4.66. The summed E-state index contributed by atoms with van der Waals surface area (Å²) in [6.07, 6.45) is -0.0527. The summed E-state index contributed by atoms with van der Waals surface area (Å²) in [7, 11) is 0. The lowest BCUT2D eigenvalue weighted by atomic mass is 10.1. The zero-order valence-electron chi connectivity index (χ0n) is 16.4. The highest BCUT2D eigenvalue weighted by Gasteiger charge is 2.20. The van der Waals surface area contributed by atoms with Crippen LogP contribution in [0.15, 0.2) is 77.1 Å². The van der Waals surface area contributed by atoms with Gasteiger partial charge in [-0.1, -0.05) is 90.7 Å². The Kier molecular flexibility index (Phi) is 6.61. The highest BCUT2D eigenvalue weighted by atomic mass is 32.2. The van der Waals surface area contributed by atoms with Crippen molar-refractivity contribution >= 4 is 44.9 Å². The number of nitrogens with zero attached hydrogens (tertiary/aromatic N) is 2. The number of rotatable bonds is 8. The van der Waals surface area contributed by atoms with E-state index in [0.29, 0.717) is 17.3 Å². The molecule has 0 spiro atoms. The van der Waals surface area contributed by atoms with Gasteiger partial charge in [0, 0.05) is 5.75 Å². The molecule has 0 aliphatic carbocycles. The minimum absolute atomic E-state index is 0.221. The number of anilines is 1. The minimum Gasteiger partial charge on any atom is -0.481 e. The molecule has 4 aromatic rings. The summed E-state index contributed by atoms with van der Waals surface area (Å²) < 4.78 is 6.77. The average Bonchev–Trinajstić information content (AvgIpc) is 3.23. The zero-order chi connectivity index (χ0) is 20.8. The summed E-state index contributed by atoms with van der Waals surface area (Å²) in [5.74, 6) is 1.26. The molecule has 0 radical (unpaired) electrons. The molecular weight excluding hydrogens is 414 g/mol. The van der Waals surface area contributed by atoms with Gasteiger partial charge in [0.1, 0.15) is 5.75 Å². The first-order valence-corrected chi connectivity index (χ1v) is 11.5. The number of carbonyl (C=O) groups is 1. The lowest BCUT2D eigenvalue weighted by molar-refractivity contribution is -0.122. The molecule has 1 amide bonds. The van der Waals surface area contributed by atoms with E-state index in [1.165, 1.54) is 16.9 Å². The molecule has 0 fully saturated rings. The lowest BCUT2D eigenvalue weighted by Crippen LogP contribution is -2.32. The van der Waals surface area contributed by atoms with Crippen LogP contribution in [0.5, 0.6) is 5.75 Å². The smallest absolute Gasteiger partial charge is 0.267 e. The molecule has 1 atom stereocenters. The number of ether oxygens (including phenoxy) is 1. The molecule has 3 aromatic carbocycles. The molecule has 0 aliphatic rings. The Morgan fingerprint density at radius 1 is 1.03 bits per heavy atom. The van der Waals surface area contributed by atoms with E-state index in [0.717, 1.165) is 20.9 Å². The molecule has 7 heteroatoms. The van der Waals surface area contributed by atoms with E-state index >= 15 is 0 Å². The van der Waals surface area contributed by atoms with Crippen LogP contribution < -0.4 is 10.1 Å². The van der Waals surface area contributed by atoms with Gasteiger partial charge in [0.25, 0.3) is 5.91 Å². The summed E-state index contributed by atoms with van der Waals surface area (Å²) in [4.78, 5) is 12.7. The monoisotopic (exact) mass is 435 g/mol. The van der Waals surface area contributed by atoms with Crippen molar-refractivity contribution in [1.82, 2.24) is 10.2 Å². The number of aromatic nitrogens is 2. The summed E-state index contributed by atoms with van der Waals surface area (Å²) >= 11 is 2.97. The third kappa shape index (κ3) is 5.17. The van der Waals surface area contributed by atoms with Crippen LogP contribution in [0, 0.1) is 0 Å². The van der Waals surface area contributed by atoms with Crippen LogP contribution in [-0.4, -0.2) is 22.2 Å². The van der Waals surface area contributed by atoms with Crippen molar-refractivity contribution in [3.63, 3.8) is 0 Å². The minimum atomic E-state index is -0.601. The Hall–Kier alpha value is -2.90. The number of nitrogens with one attached hydrogen (secondary N) is 1. The number of thioether (sulfide) groups is 1. The molecule has 0 bridgehead atoms. The van der Waals surface area contributed by atoms with Gasteiger partial charge in [0.15, 0.2) is 10.4 Å². The van der Waals surface area contributed by atoms with Crippen molar-refractivity contribution in [1.29, 1.82) is 0 Å². The van der Waals surface area contributed by atoms with E-state index < -0.39 is 6.10 Å². The van der Waals surface area contributed by atoms with Gasteiger partial charge in [-0.05, 0) is 34.9 Å². The van der Waals surface area contributed by atoms with Crippen molar-refractivity contribution in [2.24, 2.45) is 0 Å². The van der Waals surface area contributed by atoms with Gasteiger partial charge in [0.2, 0.25) is 5.13 Å². The standard InChI is InChI=1S/C23H21N3O2S2/c1-2-20(28-19-13-12-17-10-6-7-11-18(17)14-19)21(27)24-22-25-26-23(30-22)29-15-16-8-4-3-5-9-16/h3-14,20H,2,15H2,1H3,(H,24,25,27)/t20-/m1/s1. The largest absolute Gasteiger partial charge is 0.481 e. The van der Waals surface area contributed by atoms with Crippen LogP contribution in [0.4, 0.5) is 5.13 Å². The number of benzene rings is 3. The molecule has 4 rings (SSSR count). The Bertz CT molecular complexity index is 1130. The zero-order valence-corrected chi connectivity index (χ0v) is 18.1. The Morgan fingerprint density at radius 3 is 2.60 bits per heavy atom. The normalized spacial score (nSPS) is 11.9. The van der Waals surface area contributed by atoms with Gasteiger partial charge in [0.05, 0.1) is 0 Å². The van der Waals surface area contributed by atoms with Crippen molar-refractivity contribution in [3.8, 4) is 5.75 Å². The molecule has 1 N–H and O–H groups in total. The van der Waals surface area contributed by atoms with E-state index in [2.05, 4.69) is 27.6 Å². The summed E-state index contributed by atoms with van der Waals surface area (Å²) in [5, 5.41) is 13.8. The van der Waals surface area contributed by atoms with Gasteiger partial charge in [-0.3, -0.25) is 10.1 Å². The summed E-state index contributed by atoms with van der Waals surface area (Å²) in [6, 6.07) is 24.1. The number of carbonyl (C=O) groups excluding carboxylic acids is 1. The van der Waals surface area contributed by atoms with Gasteiger partial charge in [-0.2, -0.15) is 0 Å². The number of hydrogen-bond donors (Lipinski definition) is 1. The lowest BCUT2D eigenvalue weighted by Gasteiger charge is -2.16. The van der Waals surface area contributed by atoms with E-state index in [1.54, 1.807) is 11.8 Å². The first-order valence-electron chi connectivity index (χ1n) is 9.68. The maximum Gasteiger partial charge on any atom is 0.267 e. The van der Waals surface area contributed by atoms with Crippen LogP contribution in [0.1, 0.15) is 18.9 Å². The predicted octanol–water partition coefficient (Wildman–Crippen LogP) is 5.78. The number of fused-ring (bicyclic) bond motifs is 1. The molecule has 5 nitrogen and oxygen atoms in total. The maximum atomic E-state index is 12.7. The highest BCUT2D eigenvalue weighted by molar-refractivity contribution is 8.00. The Labute approximate surface area is 183 Å². The SMILES string of the molecule is CC[C@@H](Oc1ccc2ccccc2c1)C(=O)Nc1nnc(SCc2ccccc2)s1. The van der Waals surface area contributed by atoms with E-state index in [9.17, 15) is 4.79 Å². The third-order valence-corrected chi connectivity index (χ3v) is 6.55. The summed E-state index contributed by atoms with van der Waals surface area (Å²) in [6.45, 7) is 1.92. The first kappa shape index (κ1) is 20.4. The van der Waals surface area contributed by atoms with Crippen LogP contribution in [0.25, 0.3) is 10.8 Å². The fourth-order valence-electron chi connectivity index (χ4n) is 2.95. The van der Waals surface area contributed by atoms with Crippen molar-refractivity contribution < 1.29 is 9.53 Å². The fraction of sp³-hybridized carbons (Fsp3) is 0.174. The van der Waals surface area contributed by atoms with Crippen molar-refractivity contribution in [2.75, 3.05) is 5.32 Å². The topological polar surface area (TPSA) is 64.1 Å². The second-order valence-electron chi connectivity index (χ2n) is 6.66. The third-order valence-electron chi connectivity index (χ3n) is 4.50. The van der Waals surface area contributed by atoms with Crippen LogP contribution in [0.2, 0.25) is 0 Å². The van der Waals surface area contributed by atoms with E-state index in [4.69, 9.17) is 4.74 Å². The van der Waals surface area contributed by atoms with Crippen LogP contribution in [0.3, 0.4) is 0 Å². The molecule has 30 heavy (non-hydrogen) atoms. The van der Waals surface area contributed by atoms with Crippen molar-refractivity contribution in [3.05, 3.63) is 78.4 Å². The number of amides is 1. The van der Waals surface area contributed by atoms with Gasteiger partial charge in [-0.15, -0.1) is 10.2 Å². The van der Waals surface area contributed by atoms with Crippen LogP contribution >= 0.6 is 23.1 Å². The molecular formula is C23H21N3O2S2. The highest BCUT2D eigenvalue weighted by Crippen LogP contribution is 2.28. The first-order chi connectivity index (χ1) is 14.7. The number of hydrogen-bond acceptors (Lipinski definition) is 6. The van der Waals surface area contributed by atoms with E-state index in [-0.39, 0.29) is 5.91 Å². The van der Waals surface area contributed by atoms with Crippen LogP contribution in [-0.2, 0) is 10.5 Å². The maximum absolute atomic E-state index is 12.7. The van der Waals surface area contributed by atoms with Gasteiger partial charge < -0.3 is 4.74 Å². The van der Waals surface area contributed by atoms with E-state index in [1.807, 2.05) is 67.6 Å². The molecule has 1 heterocycles. The summed E-state index contributed by atoms with van der Waals surface area (Å²) in [5.41, 5.74) is 1.22. The molecule has 1 aromatic heterocycles. The second kappa shape index (κ2) is 9.73. The molecule has 0 saturated heterocycles. The quantitative estimate of drug-likeness (QED) is 0.281. The Balaban J connectivity index is 1.36. The van der Waals surface area contributed by atoms with Gasteiger partial charge in [-0.25, -0.2) is 0 Å². The molecule has 0 saturated carbocycles. The average molecular weight is 436 g/mol. The van der Waals surface area contributed by atoms with Crippen molar-refractivity contribution in [2.45, 2.75) is 29.5 Å². The molecule has 0 aliphatic heterocycles. The molecule has 0 unspecified atom stereocenters. The van der Waals surface area contributed by atoms with Gasteiger partial charge >= 0.3 is 0 Å². The molecule has 152 valence electrons.